The van der Waals surface area contributed by atoms with Crippen LogP contribution in [0.25, 0.3) is 16.7 Å². The van der Waals surface area contributed by atoms with E-state index in [1.54, 1.807) is 31.2 Å². The SMILES string of the molecule is CC(=O)SCCCCCN1C=C/C(=C/C(C#N)=c2ccc(=C(C#N)C#N)cc2)c2ccccc21. The van der Waals surface area contributed by atoms with Gasteiger partial charge in [-0.05, 0) is 41.9 Å². The van der Waals surface area contributed by atoms with Crippen molar-refractivity contribution < 1.29 is 4.79 Å². The van der Waals surface area contributed by atoms with E-state index in [-0.39, 0.29) is 10.7 Å². The largest absolute Gasteiger partial charge is 0.347 e. The Balaban J connectivity index is 1.84. The van der Waals surface area contributed by atoms with E-state index in [1.807, 2.05) is 36.4 Å². The standard InChI is InChI=1S/C28H24N4OS/c1-21(33)34-16-6-2-5-14-32-15-13-24(27-7-3-4-8-28(27)32)17-25(18-29)22-9-11-23(12-10-22)26(19-30)20-31/h3-4,7-13,15,17H,2,5-6,14,16H2,1H3/b24-17-. The highest BCUT2D eigenvalue weighted by molar-refractivity contribution is 8.13. The van der Waals surface area contributed by atoms with Crippen LogP contribution in [-0.4, -0.2) is 17.4 Å². The van der Waals surface area contributed by atoms with Gasteiger partial charge in [0.1, 0.15) is 17.7 Å². The molecule has 0 atom stereocenters. The van der Waals surface area contributed by atoms with Gasteiger partial charge >= 0.3 is 0 Å². The maximum Gasteiger partial charge on any atom is 0.185 e. The summed E-state index contributed by atoms with van der Waals surface area (Å²) >= 11 is 1.38. The third-order valence-electron chi connectivity index (χ3n) is 5.44. The molecule has 2 aromatic carbocycles. The Kier molecular flexibility index (Phi) is 8.87. The Bertz CT molecular complexity index is 1340. The Hall–Kier alpha value is -4.05. The molecule has 0 aromatic heterocycles. The van der Waals surface area contributed by atoms with Crippen molar-refractivity contribution in [3.05, 3.63) is 82.9 Å². The average Bonchev–Trinajstić information content (AvgIpc) is 2.86. The van der Waals surface area contributed by atoms with E-state index in [0.717, 1.165) is 53.6 Å². The number of carbonyl (C=O) groups excluding carboxylic acids is 1. The maximum atomic E-state index is 11.0. The summed E-state index contributed by atoms with van der Waals surface area (Å²) in [6.07, 6.45) is 9.07. The molecule has 1 aliphatic heterocycles. The van der Waals surface area contributed by atoms with Crippen LogP contribution in [0.1, 0.15) is 31.7 Å². The molecular weight excluding hydrogens is 440 g/mol. The van der Waals surface area contributed by atoms with Gasteiger partial charge in [-0.1, -0.05) is 60.6 Å². The summed E-state index contributed by atoms with van der Waals surface area (Å²) in [6, 6.07) is 21.1. The number of carbonyl (C=O) groups is 1. The van der Waals surface area contributed by atoms with Crippen LogP contribution in [0, 0.1) is 34.0 Å². The molecule has 0 aliphatic carbocycles. The fourth-order valence-electron chi connectivity index (χ4n) is 3.71. The van der Waals surface area contributed by atoms with Crippen molar-refractivity contribution in [2.75, 3.05) is 17.2 Å². The van der Waals surface area contributed by atoms with Crippen molar-refractivity contribution in [1.29, 1.82) is 15.8 Å². The second kappa shape index (κ2) is 12.3. The third-order valence-corrected chi connectivity index (χ3v) is 6.34. The molecule has 1 aliphatic rings. The number of allylic oxidation sites excluding steroid dienone is 3. The van der Waals surface area contributed by atoms with Crippen molar-refractivity contribution in [1.82, 2.24) is 0 Å². The quantitative estimate of drug-likeness (QED) is 0.563. The zero-order valence-corrected chi connectivity index (χ0v) is 19.8. The highest BCUT2D eigenvalue weighted by atomic mass is 32.2. The van der Waals surface area contributed by atoms with Crippen molar-refractivity contribution in [2.45, 2.75) is 26.2 Å². The number of hydrogen-bond acceptors (Lipinski definition) is 6. The van der Waals surface area contributed by atoms with E-state index >= 15 is 0 Å². The Morgan fingerprint density at radius 1 is 0.941 bits per heavy atom. The molecule has 0 radical (unpaired) electrons. The lowest BCUT2D eigenvalue weighted by Crippen LogP contribution is -2.21. The fraction of sp³-hybridized carbons (Fsp3) is 0.214. The summed E-state index contributed by atoms with van der Waals surface area (Å²) in [6.45, 7) is 2.49. The predicted molar refractivity (Wildman–Crippen MR) is 137 cm³/mol. The van der Waals surface area contributed by atoms with Crippen LogP contribution < -0.4 is 15.3 Å². The molecule has 34 heavy (non-hydrogen) atoms. The highest BCUT2D eigenvalue weighted by Crippen LogP contribution is 2.33. The van der Waals surface area contributed by atoms with Crippen LogP contribution in [0.15, 0.2) is 66.9 Å². The van der Waals surface area contributed by atoms with Gasteiger partial charge in [-0.2, -0.15) is 15.8 Å². The van der Waals surface area contributed by atoms with Crippen molar-refractivity contribution >= 4 is 39.3 Å². The van der Waals surface area contributed by atoms with E-state index in [1.165, 1.54) is 11.8 Å². The van der Waals surface area contributed by atoms with Crippen molar-refractivity contribution in [3.8, 4) is 18.2 Å². The van der Waals surface area contributed by atoms with Gasteiger partial charge in [0.15, 0.2) is 5.12 Å². The maximum absolute atomic E-state index is 11.0. The molecule has 6 heteroatoms. The highest BCUT2D eigenvalue weighted by Gasteiger charge is 2.16. The van der Waals surface area contributed by atoms with Crippen LogP contribution in [0.5, 0.6) is 0 Å². The number of hydrogen-bond donors (Lipinski definition) is 0. The molecule has 0 amide bonds. The summed E-state index contributed by atoms with van der Waals surface area (Å²) in [5.74, 6) is 0.870. The van der Waals surface area contributed by atoms with Crippen LogP contribution >= 0.6 is 11.8 Å². The van der Waals surface area contributed by atoms with Gasteiger partial charge in [0.2, 0.25) is 0 Å². The summed E-state index contributed by atoms with van der Waals surface area (Å²) in [5, 5.41) is 29.3. The molecule has 5 nitrogen and oxygen atoms in total. The molecule has 0 spiro atoms. The van der Waals surface area contributed by atoms with Crippen molar-refractivity contribution in [3.63, 3.8) is 0 Å². The molecule has 0 saturated heterocycles. The first kappa shape index (κ1) is 24.6. The van der Waals surface area contributed by atoms with Gasteiger partial charge in [-0.15, -0.1) is 0 Å². The Morgan fingerprint density at radius 2 is 1.65 bits per heavy atom. The van der Waals surface area contributed by atoms with E-state index in [2.05, 4.69) is 29.3 Å². The van der Waals surface area contributed by atoms with E-state index in [0.29, 0.717) is 10.8 Å². The zero-order chi connectivity index (χ0) is 24.3. The summed E-state index contributed by atoms with van der Waals surface area (Å²) in [4.78, 5) is 13.3. The molecule has 0 fully saturated rings. The van der Waals surface area contributed by atoms with Gasteiger partial charge in [0, 0.05) is 41.9 Å². The number of thioether (sulfide) groups is 1. The predicted octanol–water partition coefficient (Wildman–Crippen LogP) is 4.43. The number of nitriles is 3. The van der Waals surface area contributed by atoms with Gasteiger partial charge < -0.3 is 4.90 Å². The molecular formula is C28H24N4OS. The number of anilines is 1. The first-order chi connectivity index (χ1) is 16.6. The Labute approximate surface area is 204 Å². The van der Waals surface area contributed by atoms with Crippen LogP contribution in [-0.2, 0) is 4.79 Å². The van der Waals surface area contributed by atoms with E-state index in [9.17, 15) is 10.1 Å². The second-order valence-electron chi connectivity index (χ2n) is 7.73. The minimum Gasteiger partial charge on any atom is -0.347 e. The van der Waals surface area contributed by atoms with Gasteiger partial charge in [-0.3, -0.25) is 4.79 Å². The monoisotopic (exact) mass is 464 g/mol. The number of para-hydroxylation sites is 1. The van der Waals surface area contributed by atoms with Gasteiger partial charge in [0.25, 0.3) is 0 Å². The summed E-state index contributed by atoms with van der Waals surface area (Å²) < 4.78 is 0. The smallest absolute Gasteiger partial charge is 0.185 e. The molecule has 0 bridgehead atoms. The molecule has 0 saturated carbocycles. The lowest BCUT2D eigenvalue weighted by atomic mass is 9.97. The Morgan fingerprint density at radius 3 is 2.32 bits per heavy atom. The second-order valence-corrected chi connectivity index (χ2v) is 9.00. The molecule has 0 N–H and O–H groups in total. The van der Waals surface area contributed by atoms with E-state index < -0.39 is 0 Å². The van der Waals surface area contributed by atoms with Crippen LogP contribution in [0.2, 0.25) is 0 Å². The number of unbranched alkanes of at least 4 members (excludes halogenated alkanes) is 2. The summed E-state index contributed by atoms with van der Waals surface area (Å²) in [5.41, 5.74) is 3.67. The number of rotatable bonds is 7. The van der Waals surface area contributed by atoms with Gasteiger partial charge in [0.05, 0.1) is 11.6 Å². The summed E-state index contributed by atoms with van der Waals surface area (Å²) in [7, 11) is 0. The topological polar surface area (TPSA) is 91.7 Å². The first-order valence-corrected chi connectivity index (χ1v) is 12.0. The zero-order valence-electron chi connectivity index (χ0n) is 19.0. The molecule has 2 aromatic rings. The molecule has 168 valence electrons. The third kappa shape index (κ3) is 6.26. The van der Waals surface area contributed by atoms with Gasteiger partial charge in [-0.25, -0.2) is 0 Å². The fourth-order valence-corrected chi connectivity index (χ4v) is 4.35. The number of benzene rings is 2. The lowest BCUT2D eigenvalue weighted by molar-refractivity contribution is -0.109. The number of fused-ring (bicyclic) bond motifs is 1. The lowest BCUT2D eigenvalue weighted by Gasteiger charge is -2.27. The number of nitrogens with zero attached hydrogens (tertiary/aromatic N) is 4. The molecule has 0 unspecified atom stereocenters. The minimum absolute atomic E-state index is 0.0465. The minimum atomic E-state index is 0.0465. The van der Waals surface area contributed by atoms with E-state index in [4.69, 9.17) is 10.5 Å². The van der Waals surface area contributed by atoms with Crippen LogP contribution in [0.4, 0.5) is 5.69 Å². The molecule has 1 heterocycles. The van der Waals surface area contributed by atoms with Crippen LogP contribution in [0.3, 0.4) is 0 Å². The first-order valence-electron chi connectivity index (χ1n) is 11.0. The molecule has 3 rings (SSSR count). The van der Waals surface area contributed by atoms with Crippen molar-refractivity contribution in [2.24, 2.45) is 0 Å². The average molecular weight is 465 g/mol. The normalized spacial score (nSPS) is 12.9.